The van der Waals surface area contributed by atoms with Crippen molar-refractivity contribution in [2.24, 2.45) is 11.7 Å². The molecule has 4 heteroatoms. The van der Waals surface area contributed by atoms with Crippen LogP contribution in [-0.2, 0) is 4.79 Å². The van der Waals surface area contributed by atoms with Crippen LogP contribution >= 0.6 is 0 Å². The number of amides is 1. The summed E-state index contributed by atoms with van der Waals surface area (Å²) in [4.78, 5) is 16.7. The second-order valence-corrected chi connectivity index (χ2v) is 5.86. The van der Waals surface area contributed by atoms with Crippen LogP contribution in [0.25, 0.3) is 0 Å². The van der Waals surface area contributed by atoms with Crippen molar-refractivity contribution in [1.82, 2.24) is 9.80 Å². The molecule has 2 rings (SSSR count). The van der Waals surface area contributed by atoms with Gasteiger partial charge >= 0.3 is 0 Å². The van der Waals surface area contributed by atoms with Gasteiger partial charge in [-0.1, -0.05) is 0 Å². The first-order valence-corrected chi connectivity index (χ1v) is 6.78. The lowest BCUT2D eigenvalue weighted by molar-refractivity contribution is -0.136. The predicted octanol–water partition coefficient (Wildman–Crippen LogP) is 0.666. The van der Waals surface area contributed by atoms with E-state index in [-0.39, 0.29) is 12.0 Å². The summed E-state index contributed by atoms with van der Waals surface area (Å²) in [6, 6.07) is 0.674. The minimum Gasteiger partial charge on any atom is -0.338 e. The molecule has 1 aliphatic carbocycles. The second-order valence-electron chi connectivity index (χ2n) is 5.86. The third kappa shape index (κ3) is 2.99. The van der Waals surface area contributed by atoms with Crippen molar-refractivity contribution in [3.8, 4) is 0 Å². The molecule has 2 fully saturated rings. The molecule has 1 heterocycles. The van der Waals surface area contributed by atoms with Crippen molar-refractivity contribution in [1.29, 1.82) is 0 Å². The van der Waals surface area contributed by atoms with Crippen LogP contribution in [0.4, 0.5) is 0 Å². The number of carbonyl (C=O) groups excluding carboxylic acids is 1. The largest absolute Gasteiger partial charge is 0.338 e. The molecule has 0 aromatic carbocycles. The molecule has 1 saturated carbocycles. The lowest BCUT2D eigenvalue weighted by Gasteiger charge is -2.29. The number of hydrogen-bond acceptors (Lipinski definition) is 3. The van der Waals surface area contributed by atoms with Crippen molar-refractivity contribution in [3.05, 3.63) is 0 Å². The maximum atomic E-state index is 12.4. The number of likely N-dealkylation sites (tertiary alicyclic amines) is 1. The van der Waals surface area contributed by atoms with E-state index < -0.39 is 0 Å². The van der Waals surface area contributed by atoms with Gasteiger partial charge in [-0.05, 0) is 46.2 Å². The normalized spacial score (nSPS) is 33.6. The number of carbonyl (C=O) groups is 1. The topological polar surface area (TPSA) is 49.6 Å². The molecular weight excluding hydrogens is 214 g/mol. The van der Waals surface area contributed by atoms with E-state index in [4.69, 9.17) is 5.73 Å². The Balaban J connectivity index is 1.93. The van der Waals surface area contributed by atoms with Crippen LogP contribution in [-0.4, -0.2) is 55.0 Å². The lowest BCUT2D eigenvalue weighted by Crippen LogP contribution is -2.43. The third-order valence-electron chi connectivity index (χ3n) is 4.06. The number of hydrogen-bond donors (Lipinski definition) is 1. The van der Waals surface area contributed by atoms with E-state index in [0.717, 1.165) is 45.2 Å². The van der Waals surface area contributed by atoms with Crippen LogP contribution in [0.3, 0.4) is 0 Å². The highest BCUT2D eigenvalue weighted by Crippen LogP contribution is 2.29. The molecule has 0 spiro atoms. The first-order chi connectivity index (χ1) is 8.08. The molecule has 4 nitrogen and oxygen atoms in total. The van der Waals surface area contributed by atoms with Gasteiger partial charge in [-0.2, -0.15) is 0 Å². The van der Waals surface area contributed by atoms with Gasteiger partial charge in [-0.15, -0.1) is 0 Å². The Kier molecular flexibility index (Phi) is 4.05. The van der Waals surface area contributed by atoms with Crippen molar-refractivity contribution in [2.45, 2.75) is 44.2 Å². The van der Waals surface area contributed by atoms with Gasteiger partial charge in [0.05, 0.1) is 0 Å². The number of nitrogens with zero attached hydrogens (tertiary/aromatic N) is 2. The molecule has 98 valence electrons. The van der Waals surface area contributed by atoms with Crippen molar-refractivity contribution >= 4 is 5.91 Å². The molecule has 17 heavy (non-hydrogen) atoms. The van der Waals surface area contributed by atoms with Gasteiger partial charge in [0, 0.05) is 31.1 Å². The average molecular weight is 239 g/mol. The lowest BCUT2D eigenvalue weighted by atomic mass is 10.1. The minimum absolute atomic E-state index is 0.202. The first kappa shape index (κ1) is 12.8. The Morgan fingerprint density at radius 3 is 2.71 bits per heavy atom. The van der Waals surface area contributed by atoms with Crippen LogP contribution in [0.15, 0.2) is 0 Å². The van der Waals surface area contributed by atoms with Crippen LogP contribution in [0, 0.1) is 5.92 Å². The van der Waals surface area contributed by atoms with Crippen LogP contribution in [0.5, 0.6) is 0 Å². The zero-order chi connectivity index (χ0) is 12.4. The summed E-state index contributed by atoms with van der Waals surface area (Å²) in [5.41, 5.74) is 5.90. The summed E-state index contributed by atoms with van der Waals surface area (Å²) >= 11 is 0. The van der Waals surface area contributed by atoms with Crippen LogP contribution in [0.1, 0.15) is 32.1 Å². The van der Waals surface area contributed by atoms with E-state index in [1.807, 2.05) is 0 Å². The summed E-state index contributed by atoms with van der Waals surface area (Å²) < 4.78 is 0. The standard InChI is InChI=1S/C13H25N3O/c1-15(2)9-12-4-3-7-16(12)13(17)10-5-6-11(14)8-10/h10-12H,3-9,14H2,1-2H3. The van der Waals surface area contributed by atoms with Gasteiger partial charge in [0.25, 0.3) is 0 Å². The molecule has 0 aromatic heterocycles. The smallest absolute Gasteiger partial charge is 0.226 e. The zero-order valence-electron chi connectivity index (χ0n) is 11.1. The van der Waals surface area contributed by atoms with Gasteiger partial charge in [0.2, 0.25) is 5.91 Å². The molecule has 1 aliphatic heterocycles. The van der Waals surface area contributed by atoms with Gasteiger partial charge in [0.15, 0.2) is 0 Å². The summed E-state index contributed by atoms with van der Waals surface area (Å²) in [6.45, 7) is 1.94. The van der Waals surface area contributed by atoms with E-state index in [1.54, 1.807) is 0 Å². The van der Waals surface area contributed by atoms with E-state index in [1.165, 1.54) is 0 Å². The Hall–Kier alpha value is -0.610. The predicted molar refractivity (Wildman–Crippen MR) is 68.6 cm³/mol. The maximum absolute atomic E-state index is 12.4. The van der Waals surface area contributed by atoms with Crippen molar-refractivity contribution in [2.75, 3.05) is 27.2 Å². The Bertz CT molecular complexity index is 280. The van der Waals surface area contributed by atoms with Crippen molar-refractivity contribution in [3.63, 3.8) is 0 Å². The Morgan fingerprint density at radius 1 is 1.35 bits per heavy atom. The molecule has 1 saturated heterocycles. The molecule has 2 aliphatic rings. The maximum Gasteiger partial charge on any atom is 0.226 e. The fourth-order valence-electron chi connectivity index (χ4n) is 3.21. The van der Waals surface area contributed by atoms with E-state index in [2.05, 4.69) is 23.9 Å². The van der Waals surface area contributed by atoms with Crippen molar-refractivity contribution < 1.29 is 4.79 Å². The molecule has 0 bridgehead atoms. The summed E-state index contributed by atoms with van der Waals surface area (Å²) in [6.07, 6.45) is 5.21. The second kappa shape index (κ2) is 5.36. The molecule has 1 amide bonds. The van der Waals surface area contributed by atoms with E-state index in [9.17, 15) is 4.79 Å². The summed E-state index contributed by atoms with van der Waals surface area (Å²) in [5, 5.41) is 0. The molecule has 3 atom stereocenters. The van der Waals surface area contributed by atoms with E-state index >= 15 is 0 Å². The highest BCUT2D eigenvalue weighted by Gasteiger charge is 2.36. The monoisotopic (exact) mass is 239 g/mol. The van der Waals surface area contributed by atoms with Gasteiger partial charge in [0.1, 0.15) is 0 Å². The number of likely N-dealkylation sites (N-methyl/N-ethyl adjacent to an activating group) is 1. The van der Waals surface area contributed by atoms with Crippen LogP contribution < -0.4 is 5.73 Å². The minimum atomic E-state index is 0.202. The first-order valence-electron chi connectivity index (χ1n) is 6.78. The molecule has 0 radical (unpaired) electrons. The zero-order valence-corrected chi connectivity index (χ0v) is 11.1. The van der Waals surface area contributed by atoms with E-state index in [0.29, 0.717) is 11.9 Å². The van der Waals surface area contributed by atoms with Gasteiger partial charge in [-0.3, -0.25) is 4.79 Å². The quantitative estimate of drug-likeness (QED) is 0.787. The molecule has 0 aromatic rings. The van der Waals surface area contributed by atoms with Gasteiger partial charge in [-0.25, -0.2) is 0 Å². The fourth-order valence-corrected chi connectivity index (χ4v) is 3.21. The third-order valence-corrected chi connectivity index (χ3v) is 4.06. The summed E-state index contributed by atoms with van der Waals surface area (Å²) in [7, 11) is 4.15. The highest BCUT2D eigenvalue weighted by molar-refractivity contribution is 5.79. The molecular formula is C13H25N3O. The molecule has 3 unspecified atom stereocenters. The van der Waals surface area contributed by atoms with Gasteiger partial charge < -0.3 is 15.5 Å². The highest BCUT2D eigenvalue weighted by atomic mass is 16.2. The Labute approximate surface area is 104 Å². The number of rotatable bonds is 3. The molecule has 2 N–H and O–H groups in total. The fraction of sp³-hybridized carbons (Fsp3) is 0.923. The SMILES string of the molecule is CN(C)CC1CCCN1C(=O)C1CCC(N)C1. The van der Waals surface area contributed by atoms with Crippen LogP contribution in [0.2, 0.25) is 0 Å². The average Bonchev–Trinajstić information content (AvgIpc) is 2.85. The summed E-state index contributed by atoms with van der Waals surface area (Å²) in [5.74, 6) is 0.565. The number of nitrogens with two attached hydrogens (primary N) is 1. The Morgan fingerprint density at radius 2 is 2.12 bits per heavy atom.